The summed E-state index contributed by atoms with van der Waals surface area (Å²) >= 11 is 0. The summed E-state index contributed by atoms with van der Waals surface area (Å²) in [4.78, 5) is 24.4. The largest absolute Gasteiger partial charge is 0.481 e. The van der Waals surface area contributed by atoms with Crippen LogP contribution in [-0.2, 0) is 14.3 Å². The molecular weight excluding hydrogens is 258 g/mol. The summed E-state index contributed by atoms with van der Waals surface area (Å²) in [6.07, 6.45) is 0.934. The van der Waals surface area contributed by atoms with Gasteiger partial charge in [0.05, 0.1) is 6.42 Å². The molecule has 0 fully saturated rings. The molecule has 1 aromatic carbocycles. The van der Waals surface area contributed by atoms with Gasteiger partial charge in [0.1, 0.15) is 0 Å². The van der Waals surface area contributed by atoms with Gasteiger partial charge in [0.15, 0.2) is 0 Å². The Kier molecular flexibility index (Phi) is 7.35. The minimum atomic E-state index is -0.909. The lowest BCUT2D eigenvalue weighted by atomic mass is 10.2. The molecule has 0 spiro atoms. The number of para-hydroxylation sites is 1. The number of hydrogen-bond acceptors (Lipinski definition) is 3. The highest BCUT2D eigenvalue weighted by Gasteiger charge is 2.16. The second kappa shape index (κ2) is 9.09. The zero-order chi connectivity index (χ0) is 14.8. The molecule has 1 N–H and O–H groups in total. The van der Waals surface area contributed by atoms with E-state index < -0.39 is 5.97 Å². The van der Waals surface area contributed by atoms with Gasteiger partial charge in [0, 0.05) is 31.9 Å². The smallest absolute Gasteiger partial charge is 0.305 e. The molecule has 5 nitrogen and oxygen atoms in total. The minimum Gasteiger partial charge on any atom is -0.481 e. The van der Waals surface area contributed by atoms with E-state index in [9.17, 15) is 9.59 Å². The molecule has 0 unspecified atom stereocenters. The van der Waals surface area contributed by atoms with E-state index in [1.54, 1.807) is 0 Å². The van der Waals surface area contributed by atoms with Crippen molar-refractivity contribution >= 4 is 17.6 Å². The fourth-order valence-corrected chi connectivity index (χ4v) is 1.82. The van der Waals surface area contributed by atoms with Crippen LogP contribution in [0.25, 0.3) is 0 Å². The van der Waals surface area contributed by atoms with Gasteiger partial charge in [-0.3, -0.25) is 9.59 Å². The number of ether oxygens (including phenoxy) is 1. The Morgan fingerprint density at radius 1 is 1.20 bits per heavy atom. The van der Waals surface area contributed by atoms with Gasteiger partial charge in [-0.25, -0.2) is 0 Å². The number of hydrogen-bond donors (Lipinski definition) is 1. The van der Waals surface area contributed by atoms with E-state index in [2.05, 4.69) is 0 Å². The third-order valence-electron chi connectivity index (χ3n) is 2.80. The predicted octanol–water partition coefficient (Wildman–Crippen LogP) is 2.31. The van der Waals surface area contributed by atoms with E-state index in [1.807, 2.05) is 37.3 Å². The van der Waals surface area contributed by atoms with Crippen LogP contribution in [0.2, 0.25) is 0 Å². The van der Waals surface area contributed by atoms with Crippen molar-refractivity contribution < 1.29 is 19.4 Å². The molecule has 0 aliphatic heterocycles. The van der Waals surface area contributed by atoms with E-state index in [0.29, 0.717) is 26.1 Å². The van der Waals surface area contributed by atoms with E-state index in [-0.39, 0.29) is 18.9 Å². The first-order chi connectivity index (χ1) is 9.65. The van der Waals surface area contributed by atoms with Gasteiger partial charge in [-0.15, -0.1) is 0 Å². The van der Waals surface area contributed by atoms with E-state index in [1.165, 1.54) is 4.90 Å². The molecule has 1 amide bonds. The normalized spacial score (nSPS) is 10.2. The van der Waals surface area contributed by atoms with Crippen molar-refractivity contribution in [3.63, 3.8) is 0 Å². The number of carbonyl (C=O) groups is 2. The number of carboxylic acid groups (broad SMARTS) is 1. The van der Waals surface area contributed by atoms with Crippen LogP contribution < -0.4 is 4.90 Å². The van der Waals surface area contributed by atoms with Crippen LogP contribution in [0.3, 0.4) is 0 Å². The predicted molar refractivity (Wildman–Crippen MR) is 76.8 cm³/mol. The molecule has 0 saturated heterocycles. The minimum absolute atomic E-state index is 0.0634. The summed E-state index contributed by atoms with van der Waals surface area (Å²) in [5.74, 6) is -0.981. The second-order valence-corrected chi connectivity index (χ2v) is 4.33. The van der Waals surface area contributed by atoms with Crippen LogP contribution in [-0.4, -0.2) is 36.7 Å². The first-order valence-electron chi connectivity index (χ1n) is 6.80. The summed E-state index contributed by atoms with van der Waals surface area (Å²) in [5, 5.41) is 8.78. The Balaban J connectivity index is 2.62. The lowest BCUT2D eigenvalue weighted by Gasteiger charge is -2.22. The maximum absolute atomic E-state index is 12.2. The molecule has 0 saturated carbocycles. The van der Waals surface area contributed by atoms with Crippen molar-refractivity contribution in [3.05, 3.63) is 30.3 Å². The molecule has 0 atom stereocenters. The zero-order valence-corrected chi connectivity index (χ0v) is 11.7. The van der Waals surface area contributed by atoms with Gasteiger partial charge in [0.25, 0.3) is 0 Å². The zero-order valence-electron chi connectivity index (χ0n) is 11.7. The standard InChI is InChI=1S/C15H21NO4/c1-2-20-12-6-9-14(17)16(11-10-15(18)19)13-7-4-3-5-8-13/h3-5,7-8H,2,6,9-12H2,1H3,(H,18,19). The molecule has 1 aromatic rings. The average molecular weight is 279 g/mol. The summed E-state index contributed by atoms with van der Waals surface area (Å²) < 4.78 is 5.20. The Bertz CT molecular complexity index is 419. The Morgan fingerprint density at radius 2 is 1.90 bits per heavy atom. The quantitative estimate of drug-likeness (QED) is 0.704. The molecule has 5 heteroatoms. The lowest BCUT2D eigenvalue weighted by Crippen LogP contribution is -2.33. The molecule has 0 aliphatic carbocycles. The van der Waals surface area contributed by atoms with Gasteiger partial charge in [0.2, 0.25) is 5.91 Å². The van der Waals surface area contributed by atoms with Crippen molar-refractivity contribution in [2.24, 2.45) is 0 Å². The van der Waals surface area contributed by atoms with E-state index >= 15 is 0 Å². The number of rotatable bonds is 9. The van der Waals surface area contributed by atoms with Crippen LogP contribution in [0.15, 0.2) is 30.3 Å². The number of nitrogens with zero attached hydrogens (tertiary/aromatic N) is 1. The number of amides is 1. The molecular formula is C15H21NO4. The van der Waals surface area contributed by atoms with Gasteiger partial charge in [-0.1, -0.05) is 18.2 Å². The van der Waals surface area contributed by atoms with E-state index in [0.717, 1.165) is 5.69 Å². The summed E-state index contributed by atoms with van der Waals surface area (Å²) in [5.41, 5.74) is 0.732. The number of anilines is 1. The van der Waals surface area contributed by atoms with Crippen LogP contribution in [0.5, 0.6) is 0 Å². The second-order valence-electron chi connectivity index (χ2n) is 4.33. The summed E-state index contributed by atoms with van der Waals surface area (Å²) in [7, 11) is 0. The highest BCUT2D eigenvalue weighted by Crippen LogP contribution is 2.15. The number of carbonyl (C=O) groups excluding carboxylic acids is 1. The average Bonchev–Trinajstić information content (AvgIpc) is 2.44. The fraction of sp³-hybridized carbons (Fsp3) is 0.467. The topological polar surface area (TPSA) is 66.8 Å². The van der Waals surface area contributed by atoms with Crippen molar-refractivity contribution in [2.45, 2.75) is 26.2 Å². The number of benzene rings is 1. The Labute approximate surface area is 119 Å². The monoisotopic (exact) mass is 279 g/mol. The summed E-state index contributed by atoms with van der Waals surface area (Å²) in [6, 6.07) is 9.14. The maximum atomic E-state index is 12.2. The van der Waals surface area contributed by atoms with Crippen LogP contribution in [0.1, 0.15) is 26.2 Å². The van der Waals surface area contributed by atoms with E-state index in [4.69, 9.17) is 9.84 Å². The molecule has 0 aromatic heterocycles. The lowest BCUT2D eigenvalue weighted by molar-refractivity contribution is -0.136. The van der Waals surface area contributed by atoms with Gasteiger partial charge in [-0.05, 0) is 25.5 Å². The third kappa shape index (κ3) is 5.84. The number of aliphatic carboxylic acids is 1. The molecule has 0 heterocycles. The van der Waals surface area contributed by atoms with Gasteiger partial charge >= 0.3 is 5.97 Å². The SMILES string of the molecule is CCOCCCC(=O)N(CCC(=O)O)c1ccccc1. The molecule has 0 aliphatic rings. The summed E-state index contributed by atoms with van der Waals surface area (Å²) in [6.45, 7) is 3.27. The van der Waals surface area contributed by atoms with Crippen molar-refractivity contribution in [3.8, 4) is 0 Å². The Morgan fingerprint density at radius 3 is 2.50 bits per heavy atom. The van der Waals surface area contributed by atoms with Crippen molar-refractivity contribution in [2.75, 3.05) is 24.7 Å². The highest BCUT2D eigenvalue weighted by molar-refractivity contribution is 5.93. The molecule has 20 heavy (non-hydrogen) atoms. The highest BCUT2D eigenvalue weighted by atomic mass is 16.5. The van der Waals surface area contributed by atoms with Crippen molar-refractivity contribution in [1.82, 2.24) is 0 Å². The first-order valence-corrected chi connectivity index (χ1v) is 6.80. The Hall–Kier alpha value is -1.88. The molecule has 0 bridgehead atoms. The molecule has 1 rings (SSSR count). The van der Waals surface area contributed by atoms with Crippen molar-refractivity contribution in [1.29, 1.82) is 0 Å². The van der Waals surface area contributed by atoms with Gasteiger partial charge < -0.3 is 14.7 Å². The first kappa shape index (κ1) is 16.2. The molecule has 110 valence electrons. The molecule has 0 radical (unpaired) electrons. The van der Waals surface area contributed by atoms with Crippen LogP contribution in [0.4, 0.5) is 5.69 Å². The van der Waals surface area contributed by atoms with Gasteiger partial charge in [-0.2, -0.15) is 0 Å². The number of carboxylic acids is 1. The van der Waals surface area contributed by atoms with Crippen LogP contribution in [0, 0.1) is 0 Å². The van der Waals surface area contributed by atoms with Crippen LogP contribution >= 0.6 is 0 Å². The maximum Gasteiger partial charge on any atom is 0.305 e. The third-order valence-corrected chi connectivity index (χ3v) is 2.80. The fourth-order valence-electron chi connectivity index (χ4n) is 1.82.